The van der Waals surface area contributed by atoms with Gasteiger partial charge < -0.3 is 5.73 Å². The lowest BCUT2D eigenvalue weighted by Gasteiger charge is -2.10. The Kier molecular flexibility index (Phi) is 4.26. The number of nitrogens with zero attached hydrogens (tertiary/aromatic N) is 1. The minimum atomic E-state index is -4.49. The summed E-state index contributed by atoms with van der Waals surface area (Å²) in [7, 11) is 0. The van der Waals surface area contributed by atoms with E-state index in [2.05, 4.69) is 4.98 Å². The van der Waals surface area contributed by atoms with Crippen molar-refractivity contribution in [3.8, 4) is 0 Å². The predicted molar refractivity (Wildman–Crippen MR) is 58.8 cm³/mol. The maximum absolute atomic E-state index is 12.3. The first-order valence-electron chi connectivity index (χ1n) is 4.40. The fourth-order valence-electron chi connectivity index (χ4n) is 0.893. The first kappa shape index (κ1) is 14.1. The number of hydrogen-bond donors (Lipinski definition) is 1. The number of carbonyl (C=O) groups excluding carboxylic acids is 1. The van der Waals surface area contributed by atoms with Crippen LogP contribution in [0.2, 0.25) is 5.02 Å². The second-order valence-electron chi connectivity index (χ2n) is 3.17. The summed E-state index contributed by atoms with van der Waals surface area (Å²) in [6.07, 6.45) is -3.82. The summed E-state index contributed by atoms with van der Waals surface area (Å²) in [5.41, 5.74) is 4.09. The fraction of sp³-hybridized carbons (Fsp3) is 0.333. The van der Waals surface area contributed by atoms with Crippen molar-refractivity contribution >= 4 is 29.3 Å². The first-order chi connectivity index (χ1) is 7.71. The molecular weight excluding hydrogens is 277 g/mol. The Morgan fingerprint density at radius 1 is 1.59 bits per heavy atom. The molecule has 0 radical (unpaired) electrons. The van der Waals surface area contributed by atoms with Crippen LogP contribution in [0.3, 0.4) is 0 Å². The van der Waals surface area contributed by atoms with Crippen LogP contribution in [0.1, 0.15) is 12.5 Å². The van der Waals surface area contributed by atoms with Crippen LogP contribution in [0.25, 0.3) is 0 Å². The standard InChI is InChI=1S/C9H8ClF3N2OS/c1-4(7(14)16)17-8-6(10)2-5(3-15-8)9(11,12)13/h2-4H,1H3,(H2,14,16)/t4-/m0/s1. The summed E-state index contributed by atoms with van der Waals surface area (Å²) in [6, 6.07) is 0.768. The molecule has 1 aromatic rings. The smallest absolute Gasteiger partial charge is 0.369 e. The molecule has 0 aromatic carbocycles. The van der Waals surface area contributed by atoms with Crippen molar-refractivity contribution in [2.75, 3.05) is 0 Å². The number of thioether (sulfide) groups is 1. The molecule has 0 unspecified atom stereocenters. The van der Waals surface area contributed by atoms with Crippen LogP contribution in [0.5, 0.6) is 0 Å². The van der Waals surface area contributed by atoms with Crippen molar-refractivity contribution in [1.82, 2.24) is 4.98 Å². The molecule has 1 rings (SSSR count). The quantitative estimate of drug-likeness (QED) is 0.868. The summed E-state index contributed by atoms with van der Waals surface area (Å²) in [6.45, 7) is 1.52. The fourth-order valence-corrected chi connectivity index (χ4v) is 1.93. The van der Waals surface area contributed by atoms with Crippen LogP contribution in [-0.4, -0.2) is 16.1 Å². The van der Waals surface area contributed by atoms with E-state index in [1.807, 2.05) is 0 Å². The number of halogens is 4. The third-order valence-corrected chi connectivity index (χ3v) is 3.36. The van der Waals surface area contributed by atoms with Gasteiger partial charge >= 0.3 is 6.18 Å². The SMILES string of the molecule is C[C@H](Sc1ncc(C(F)(F)F)cc1Cl)C(N)=O. The number of pyridine rings is 1. The molecule has 0 bridgehead atoms. The van der Waals surface area contributed by atoms with Crippen molar-refractivity contribution in [2.45, 2.75) is 23.4 Å². The number of rotatable bonds is 3. The third kappa shape index (κ3) is 3.78. The second-order valence-corrected chi connectivity index (χ2v) is 4.91. The molecular formula is C9H8ClF3N2OS. The van der Waals surface area contributed by atoms with Crippen LogP contribution in [0.4, 0.5) is 13.2 Å². The highest BCUT2D eigenvalue weighted by Crippen LogP contribution is 2.34. The van der Waals surface area contributed by atoms with Gasteiger partial charge in [0.25, 0.3) is 0 Å². The molecule has 1 atom stereocenters. The highest BCUT2D eigenvalue weighted by atomic mass is 35.5. The zero-order chi connectivity index (χ0) is 13.2. The zero-order valence-electron chi connectivity index (χ0n) is 8.58. The predicted octanol–water partition coefficient (Wildman–Crippen LogP) is 2.72. The van der Waals surface area contributed by atoms with Crippen molar-refractivity contribution in [3.05, 3.63) is 22.8 Å². The molecule has 1 heterocycles. The Morgan fingerprint density at radius 3 is 2.59 bits per heavy atom. The highest BCUT2D eigenvalue weighted by molar-refractivity contribution is 8.00. The van der Waals surface area contributed by atoms with Crippen LogP contribution in [0.15, 0.2) is 17.3 Å². The van der Waals surface area contributed by atoms with Crippen molar-refractivity contribution in [2.24, 2.45) is 5.73 Å². The largest absolute Gasteiger partial charge is 0.417 e. The van der Waals surface area contributed by atoms with Gasteiger partial charge in [-0.3, -0.25) is 4.79 Å². The summed E-state index contributed by atoms with van der Waals surface area (Å²) >= 11 is 6.56. The molecule has 0 saturated heterocycles. The number of nitrogens with two attached hydrogens (primary N) is 1. The number of primary amides is 1. The van der Waals surface area contributed by atoms with Gasteiger partial charge in [-0.2, -0.15) is 13.2 Å². The van der Waals surface area contributed by atoms with Gasteiger partial charge in [-0.05, 0) is 13.0 Å². The van der Waals surface area contributed by atoms with Crippen LogP contribution < -0.4 is 5.73 Å². The molecule has 0 saturated carbocycles. The Hall–Kier alpha value is -0.950. The minimum Gasteiger partial charge on any atom is -0.369 e. The number of aromatic nitrogens is 1. The maximum Gasteiger partial charge on any atom is 0.417 e. The number of alkyl halides is 3. The summed E-state index contributed by atoms with van der Waals surface area (Å²) in [5, 5.41) is -0.624. The van der Waals surface area contributed by atoms with Crippen LogP contribution in [0, 0.1) is 0 Å². The lowest BCUT2D eigenvalue weighted by atomic mass is 10.3. The van der Waals surface area contributed by atoms with E-state index in [-0.39, 0.29) is 10.0 Å². The van der Waals surface area contributed by atoms with Gasteiger partial charge in [0, 0.05) is 6.20 Å². The van der Waals surface area contributed by atoms with Crippen LogP contribution in [-0.2, 0) is 11.0 Å². The molecule has 2 N–H and O–H groups in total. The molecule has 0 aliphatic carbocycles. The second kappa shape index (κ2) is 5.14. The molecule has 1 aromatic heterocycles. The van der Waals surface area contributed by atoms with Gasteiger partial charge in [0.2, 0.25) is 5.91 Å². The van der Waals surface area contributed by atoms with E-state index in [4.69, 9.17) is 17.3 Å². The monoisotopic (exact) mass is 284 g/mol. The molecule has 0 fully saturated rings. The highest BCUT2D eigenvalue weighted by Gasteiger charge is 2.31. The normalized spacial score (nSPS) is 13.5. The Bertz CT molecular complexity index is 439. The van der Waals surface area contributed by atoms with Gasteiger partial charge in [-0.1, -0.05) is 23.4 Å². The first-order valence-corrected chi connectivity index (χ1v) is 5.66. The molecule has 1 amide bonds. The lowest BCUT2D eigenvalue weighted by Crippen LogP contribution is -2.22. The molecule has 0 aliphatic heterocycles. The van der Waals surface area contributed by atoms with Crippen molar-refractivity contribution in [3.63, 3.8) is 0 Å². The Balaban J connectivity index is 2.95. The third-order valence-electron chi connectivity index (χ3n) is 1.82. The number of amides is 1. The molecule has 0 spiro atoms. The van der Waals surface area contributed by atoms with E-state index in [1.54, 1.807) is 0 Å². The van der Waals surface area contributed by atoms with E-state index in [1.165, 1.54) is 6.92 Å². The molecule has 3 nitrogen and oxygen atoms in total. The number of carbonyl (C=O) groups is 1. The van der Waals surface area contributed by atoms with Gasteiger partial charge in [0.05, 0.1) is 15.8 Å². The Labute approximate surface area is 105 Å². The zero-order valence-corrected chi connectivity index (χ0v) is 10.2. The van der Waals surface area contributed by atoms with Gasteiger partial charge in [-0.15, -0.1) is 0 Å². The van der Waals surface area contributed by atoms with E-state index in [9.17, 15) is 18.0 Å². The van der Waals surface area contributed by atoms with Gasteiger partial charge in [-0.25, -0.2) is 4.98 Å². The van der Waals surface area contributed by atoms with Crippen molar-refractivity contribution in [1.29, 1.82) is 0 Å². The van der Waals surface area contributed by atoms with Gasteiger partial charge in [0.1, 0.15) is 5.03 Å². The Morgan fingerprint density at radius 2 is 2.18 bits per heavy atom. The molecule has 0 aliphatic rings. The summed E-state index contributed by atoms with van der Waals surface area (Å²) < 4.78 is 36.9. The van der Waals surface area contributed by atoms with E-state index >= 15 is 0 Å². The average Bonchev–Trinajstić information content (AvgIpc) is 2.19. The maximum atomic E-state index is 12.3. The minimum absolute atomic E-state index is 0.144. The summed E-state index contributed by atoms with van der Waals surface area (Å²) in [4.78, 5) is 14.4. The molecule has 94 valence electrons. The molecule has 17 heavy (non-hydrogen) atoms. The van der Waals surface area contributed by atoms with E-state index in [0.717, 1.165) is 17.8 Å². The summed E-state index contributed by atoms with van der Waals surface area (Å²) in [5.74, 6) is -0.590. The average molecular weight is 285 g/mol. The van der Waals surface area contributed by atoms with Crippen molar-refractivity contribution < 1.29 is 18.0 Å². The van der Waals surface area contributed by atoms with Gasteiger partial charge in [0.15, 0.2) is 0 Å². The van der Waals surface area contributed by atoms with E-state index in [0.29, 0.717) is 6.20 Å². The molecule has 8 heteroatoms. The number of hydrogen-bond acceptors (Lipinski definition) is 3. The topological polar surface area (TPSA) is 56.0 Å². The lowest BCUT2D eigenvalue weighted by molar-refractivity contribution is -0.137. The van der Waals surface area contributed by atoms with Crippen LogP contribution >= 0.6 is 23.4 Å². The van der Waals surface area contributed by atoms with E-state index < -0.39 is 22.9 Å².